The second-order valence-electron chi connectivity index (χ2n) is 8.23. The lowest BCUT2D eigenvalue weighted by atomic mass is 10.1. The Morgan fingerprint density at radius 3 is 1.94 bits per heavy atom. The van der Waals surface area contributed by atoms with Crippen molar-refractivity contribution in [3.63, 3.8) is 0 Å². The van der Waals surface area contributed by atoms with E-state index < -0.39 is 0 Å². The Morgan fingerprint density at radius 2 is 1.34 bits per heavy atom. The van der Waals surface area contributed by atoms with E-state index in [-0.39, 0.29) is 17.9 Å². The first-order valence-electron chi connectivity index (χ1n) is 10.8. The van der Waals surface area contributed by atoms with Crippen LogP contribution in [0.15, 0.2) is 77.6 Å². The summed E-state index contributed by atoms with van der Waals surface area (Å²) in [5.41, 5.74) is 2.83. The number of pyridine rings is 1. The zero-order valence-corrected chi connectivity index (χ0v) is 18.5. The number of halogens is 1. The molecule has 32 heavy (non-hydrogen) atoms. The van der Waals surface area contributed by atoms with Gasteiger partial charge in [0.1, 0.15) is 6.54 Å². The van der Waals surface area contributed by atoms with Crippen molar-refractivity contribution in [2.75, 3.05) is 26.2 Å². The van der Waals surface area contributed by atoms with Crippen molar-refractivity contribution in [3.8, 4) is 0 Å². The number of nitrogens with zero attached hydrogens (tertiary/aromatic N) is 3. The summed E-state index contributed by atoms with van der Waals surface area (Å²) in [5.74, 6) is 0.0788. The highest BCUT2D eigenvalue weighted by molar-refractivity contribution is 6.30. The largest absolute Gasteiger partial charge is 0.339 e. The summed E-state index contributed by atoms with van der Waals surface area (Å²) in [6.45, 7) is 4.14. The molecule has 0 spiro atoms. The fourth-order valence-corrected chi connectivity index (χ4v) is 4.61. The van der Waals surface area contributed by atoms with Gasteiger partial charge in [-0.2, -0.15) is 0 Å². The van der Waals surface area contributed by atoms with Gasteiger partial charge >= 0.3 is 0 Å². The first kappa shape index (κ1) is 20.7. The standard InChI is InChI=1S/C26H24ClN3O2/c27-20-11-9-19(10-12-20)17-28-13-15-29(16-14-28)25(31)18-30-23-7-3-1-5-21(23)26(32)22-6-2-4-8-24(22)30/h1-12H,13-18H2. The number of carbonyl (C=O) groups is 1. The number of hydrogen-bond acceptors (Lipinski definition) is 3. The van der Waals surface area contributed by atoms with Crippen LogP contribution in [0, 0.1) is 0 Å². The van der Waals surface area contributed by atoms with Crippen molar-refractivity contribution in [1.82, 2.24) is 14.4 Å². The van der Waals surface area contributed by atoms with Crippen LogP contribution in [0.1, 0.15) is 5.56 Å². The molecule has 1 amide bonds. The Morgan fingerprint density at radius 1 is 0.781 bits per heavy atom. The van der Waals surface area contributed by atoms with E-state index in [1.165, 1.54) is 5.56 Å². The summed E-state index contributed by atoms with van der Waals surface area (Å²) in [4.78, 5) is 30.4. The van der Waals surface area contributed by atoms with E-state index in [0.29, 0.717) is 23.9 Å². The summed E-state index contributed by atoms with van der Waals surface area (Å²) >= 11 is 5.98. The molecule has 0 saturated carbocycles. The molecule has 0 atom stereocenters. The van der Waals surface area contributed by atoms with E-state index in [4.69, 9.17) is 11.6 Å². The van der Waals surface area contributed by atoms with Gasteiger partial charge < -0.3 is 9.47 Å². The van der Waals surface area contributed by atoms with Gasteiger partial charge in [0.15, 0.2) is 5.43 Å². The molecule has 2 heterocycles. The van der Waals surface area contributed by atoms with Gasteiger partial charge in [-0.1, -0.05) is 48.0 Å². The van der Waals surface area contributed by atoms with Crippen LogP contribution in [0.25, 0.3) is 21.8 Å². The number of para-hydroxylation sites is 2. The minimum atomic E-state index is 0.00992. The maximum atomic E-state index is 13.2. The SMILES string of the molecule is O=C(Cn1c2ccccc2c(=O)c2ccccc21)N1CCN(Cc2ccc(Cl)cc2)CC1. The molecule has 1 aromatic heterocycles. The van der Waals surface area contributed by atoms with E-state index in [1.54, 1.807) is 0 Å². The van der Waals surface area contributed by atoms with Gasteiger partial charge in [0.25, 0.3) is 0 Å². The average Bonchev–Trinajstić information content (AvgIpc) is 2.83. The Bertz CT molecular complexity index is 1280. The second kappa shape index (κ2) is 8.77. The van der Waals surface area contributed by atoms with Crippen LogP contribution in [-0.4, -0.2) is 46.5 Å². The lowest BCUT2D eigenvalue weighted by Crippen LogP contribution is -2.49. The summed E-state index contributed by atoms with van der Waals surface area (Å²) < 4.78 is 1.98. The maximum Gasteiger partial charge on any atom is 0.242 e. The highest BCUT2D eigenvalue weighted by atomic mass is 35.5. The number of piperazine rings is 1. The highest BCUT2D eigenvalue weighted by Gasteiger charge is 2.22. The topological polar surface area (TPSA) is 45.6 Å². The number of hydrogen-bond donors (Lipinski definition) is 0. The average molecular weight is 446 g/mol. The van der Waals surface area contributed by atoms with Crippen molar-refractivity contribution in [1.29, 1.82) is 0 Å². The van der Waals surface area contributed by atoms with Gasteiger partial charge in [0.2, 0.25) is 5.91 Å². The zero-order chi connectivity index (χ0) is 22.1. The molecule has 0 bridgehead atoms. The van der Waals surface area contributed by atoms with Crippen LogP contribution in [0.3, 0.4) is 0 Å². The minimum Gasteiger partial charge on any atom is -0.339 e. The summed E-state index contributed by atoms with van der Waals surface area (Å²) in [7, 11) is 0. The smallest absolute Gasteiger partial charge is 0.242 e. The number of carbonyl (C=O) groups excluding carboxylic acids is 1. The maximum absolute atomic E-state index is 13.2. The molecule has 0 radical (unpaired) electrons. The molecular formula is C26H24ClN3O2. The van der Waals surface area contributed by atoms with Gasteiger partial charge in [-0.3, -0.25) is 14.5 Å². The molecule has 162 valence electrons. The molecule has 5 nitrogen and oxygen atoms in total. The number of amides is 1. The molecule has 3 aromatic carbocycles. The number of benzene rings is 3. The molecule has 1 aliphatic rings. The normalized spacial score (nSPS) is 14.8. The van der Waals surface area contributed by atoms with Crippen molar-refractivity contribution >= 4 is 39.3 Å². The summed E-state index contributed by atoms with van der Waals surface area (Å²) in [6, 6.07) is 23.0. The Hall–Kier alpha value is -3.15. The number of aromatic nitrogens is 1. The van der Waals surface area contributed by atoms with Crippen LogP contribution in [0.5, 0.6) is 0 Å². The van der Waals surface area contributed by atoms with E-state index in [2.05, 4.69) is 4.90 Å². The second-order valence-corrected chi connectivity index (χ2v) is 8.67. The van der Waals surface area contributed by atoms with Crippen molar-refractivity contribution in [2.24, 2.45) is 0 Å². The highest BCUT2D eigenvalue weighted by Crippen LogP contribution is 2.20. The van der Waals surface area contributed by atoms with Crippen molar-refractivity contribution in [3.05, 3.63) is 93.6 Å². The monoisotopic (exact) mass is 445 g/mol. The quantitative estimate of drug-likeness (QED) is 0.443. The Balaban J connectivity index is 1.34. The number of fused-ring (bicyclic) bond motifs is 2. The van der Waals surface area contributed by atoms with Crippen LogP contribution in [0.4, 0.5) is 0 Å². The number of rotatable bonds is 4. The van der Waals surface area contributed by atoms with E-state index in [9.17, 15) is 9.59 Å². The first-order chi connectivity index (χ1) is 15.6. The molecule has 1 fully saturated rings. The van der Waals surface area contributed by atoms with Crippen LogP contribution >= 0.6 is 11.6 Å². The lowest BCUT2D eigenvalue weighted by Gasteiger charge is -2.35. The predicted molar refractivity (Wildman–Crippen MR) is 129 cm³/mol. The first-order valence-corrected chi connectivity index (χ1v) is 11.2. The van der Waals surface area contributed by atoms with Gasteiger partial charge in [0, 0.05) is 48.5 Å². The third kappa shape index (κ3) is 4.01. The molecule has 1 aliphatic heterocycles. The third-order valence-corrected chi connectivity index (χ3v) is 6.47. The van der Waals surface area contributed by atoms with Crippen LogP contribution < -0.4 is 5.43 Å². The molecule has 5 rings (SSSR count). The molecule has 0 N–H and O–H groups in total. The molecular weight excluding hydrogens is 422 g/mol. The fourth-order valence-electron chi connectivity index (χ4n) is 4.49. The van der Waals surface area contributed by atoms with E-state index >= 15 is 0 Å². The summed E-state index contributed by atoms with van der Waals surface area (Å²) in [6.07, 6.45) is 0. The van der Waals surface area contributed by atoms with E-state index in [1.807, 2.05) is 82.3 Å². The Labute approximate surface area is 191 Å². The third-order valence-electron chi connectivity index (χ3n) is 6.22. The van der Waals surface area contributed by atoms with Gasteiger partial charge in [-0.25, -0.2) is 0 Å². The summed E-state index contributed by atoms with van der Waals surface area (Å²) in [5, 5.41) is 2.03. The van der Waals surface area contributed by atoms with Crippen molar-refractivity contribution < 1.29 is 4.79 Å². The zero-order valence-electron chi connectivity index (χ0n) is 17.7. The van der Waals surface area contributed by atoms with Gasteiger partial charge in [-0.05, 0) is 42.0 Å². The molecule has 0 aliphatic carbocycles. The predicted octanol–water partition coefficient (Wildman–Crippen LogP) is 4.15. The molecule has 6 heteroatoms. The van der Waals surface area contributed by atoms with Crippen LogP contribution in [-0.2, 0) is 17.9 Å². The van der Waals surface area contributed by atoms with Crippen molar-refractivity contribution in [2.45, 2.75) is 13.1 Å². The minimum absolute atomic E-state index is 0.00992. The van der Waals surface area contributed by atoms with Crippen LogP contribution in [0.2, 0.25) is 5.02 Å². The molecule has 1 saturated heterocycles. The lowest BCUT2D eigenvalue weighted by molar-refractivity contribution is -0.133. The van der Waals surface area contributed by atoms with E-state index in [0.717, 1.165) is 35.7 Å². The molecule has 0 unspecified atom stereocenters. The fraction of sp³-hybridized carbons (Fsp3) is 0.231. The van der Waals surface area contributed by atoms with Gasteiger partial charge in [0.05, 0.1) is 11.0 Å². The molecule has 4 aromatic rings. The Kier molecular flexibility index (Phi) is 5.68. The van der Waals surface area contributed by atoms with Gasteiger partial charge in [-0.15, -0.1) is 0 Å².